The molecule has 0 saturated heterocycles. The minimum atomic E-state index is 0.555. The van der Waals surface area contributed by atoms with Crippen LogP contribution in [-0.2, 0) is 19.4 Å². The highest BCUT2D eigenvalue weighted by molar-refractivity contribution is 5.10. The average molecular weight is 237 g/mol. The van der Waals surface area contributed by atoms with Crippen LogP contribution < -0.4 is 5.32 Å². The molecule has 1 unspecified atom stereocenters. The first-order chi connectivity index (χ1) is 8.24. The standard InChI is InChI=1S/C14H27N3/c1-5-9-13(15-8-4)11-17-14(7-3)10-12(6-2)16-17/h10,13,15H,5-9,11H2,1-4H3. The summed E-state index contributed by atoms with van der Waals surface area (Å²) in [5, 5.41) is 8.23. The highest BCUT2D eigenvalue weighted by Gasteiger charge is 2.11. The number of nitrogens with one attached hydrogen (secondary N) is 1. The summed E-state index contributed by atoms with van der Waals surface area (Å²) in [6.07, 6.45) is 4.54. The van der Waals surface area contributed by atoms with E-state index >= 15 is 0 Å². The molecule has 0 aromatic carbocycles. The molecule has 0 amide bonds. The lowest BCUT2D eigenvalue weighted by molar-refractivity contribution is 0.401. The Labute approximate surface area is 106 Å². The van der Waals surface area contributed by atoms with Crippen LogP contribution in [0.25, 0.3) is 0 Å². The van der Waals surface area contributed by atoms with Crippen LogP contribution in [0, 0.1) is 0 Å². The van der Waals surface area contributed by atoms with Gasteiger partial charge in [-0.05, 0) is 31.9 Å². The zero-order valence-electron chi connectivity index (χ0n) is 11.8. The topological polar surface area (TPSA) is 29.9 Å². The monoisotopic (exact) mass is 237 g/mol. The molecule has 0 aliphatic heterocycles. The first kappa shape index (κ1) is 14.2. The zero-order valence-corrected chi connectivity index (χ0v) is 11.8. The molecule has 3 heteroatoms. The van der Waals surface area contributed by atoms with Crippen molar-refractivity contribution in [3.63, 3.8) is 0 Å². The second-order valence-electron chi connectivity index (χ2n) is 4.56. The van der Waals surface area contributed by atoms with E-state index in [0.717, 1.165) is 25.9 Å². The van der Waals surface area contributed by atoms with Crippen molar-refractivity contribution < 1.29 is 0 Å². The maximum Gasteiger partial charge on any atom is 0.0624 e. The minimum Gasteiger partial charge on any atom is -0.312 e. The van der Waals surface area contributed by atoms with Crippen LogP contribution in [0.15, 0.2) is 6.07 Å². The second-order valence-corrected chi connectivity index (χ2v) is 4.56. The lowest BCUT2D eigenvalue weighted by atomic mass is 10.1. The Morgan fingerprint density at radius 2 is 2.00 bits per heavy atom. The third kappa shape index (κ3) is 4.15. The molecule has 0 radical (unpaired) electrons. The van der Waals surface area contributed by atoms with Gasteiger partial charge in [-0.1, -0.05) is 34.1 Å². The summed E-state index contributed by atoms with van der Waals surface area (Å²) in [4.78, 5) is 0. The predicted molar refractivity (Wildman–Crippen MR) is 73.4 cm³/mol. The summed E-state index contributed by atoms with van der Waals surface area (Å²) in [5.74, 6) is 0. The SMILES string of the molecule is CCCC(Cn1nc(CC)cc1CC)NCC. The summed E-state index contributed by atoms with van der Waals surface area (Å²) in [6, 6.07) is 2.80. The van der Waals surface area contributed by atoms with E-state index in [1.165, 1.54) is 24.2 Å². The fourth-order valence-electron chi connectivity index (χ4n) is 2.23. The molecule has 1 N–H and O–H groups in total. The number of hydrogen-bond donors (Lipinski definition) is 1. The van der Waals surface area contributed by atoms with Crippen molar-refractivity contribution in [1.29, 1.82) is 0 Å². The summed E-state index contributed by atoms with van der Waals surface area (Å²) >= 11 is 0. The lowest BCUT2D eigenvalue weighted by Crippen LogP contribution is -2.33. The van der Waals surface area contributed by atoms with Crippen molar-refractivity contribution >= 4 is 0 Å². The Kier molecular flexibility index (Phi) is 6.27. The van der Waals surface area contributed by atoms with E-state index in [0.29, 0.717) is 6.04 Å². The van der Waals surface area contributed by atoms with E-state index in [9.17, 15) is 0 Å². The molecule has 17 heavy (non-hydrogen) atoms. The van der Waals surface area contributed by atoms with Gasteiger partial charge in [-0.2, -0.15) is 5.10 Å². The second kappa shape index (κ2) is 7.49. The van der Waals surface area contributed by atoms with Crippen molar-refractivity contribution in [2.75, 3.05) is 6.54 Å². The first-order valence-corrected chi connectivity index (χ1v) is 7.04. The van der Waals surface area contributed by atoms with Gasteiger partial charge in [-0.15, -0.1) is 0 Å². The highest BCUT2D eigenvalue weighted by atomic mass is 15.3. The van der Waals surface area contributed by atoms with Gasteiger partial charge in [-0.3, -0.25) is 4.68 Å². The first-order valence-electron chi connectivity index (χ1n) is 7.04. The maximum atomic E-state index is 4.68. The number of hydrogen-bond acceptors (Lipinski definition) is 2. The van der Waals surface area contributed by atoms with Crippen LogP contribution in [0.3, 0.4) is 0 Å². The molecule has 0 spiro atoms. The molecule has 3 nitrogen and oxygen atoms in total. The van der Waals surface area contributed by atoms with Crippen LogP contribution in [-0.4, -0.2) is 22.4 Å². The largest absolute Gasteiger partial charge is 0.312 e. The summed E-state index contributed by atoms with van der Waals surface area (Å²) in [5.41, 5.74) is 2.58. The summed E-state index contributed by atoms with van der Waals surface area (Å²) < 4.78 is 2.20. The third-order valence-corrected chi connectivity index (χ3v) is 3.16. The number of aryl methyl sites for hydroxylation is 2. The van der Waals surface area contributed by atoms with Gasteiger partial charge in [0.25, 0.3) is 0 Å². The van der Waals surface area contributed by atoms with E-state index in [2.05, 4.69) is 48.9 Å². The minimum absolute atomic E-state index is 0.555. The molecule has 1 heterocycles. The van der Waals surface area contributed by atoms with Gasteiger partial charge in [0.1, 0.15) is 0 Å². The Bertz CT molecular complexity index is 311. The molecule has 1 aromatic rings. The summed E-state index contributed by atoms with van der Waals surface area (Å²) in [7, 11) is 0. The average Bonchev–Trinajstić information content (AvgIpc) is 2.72. The van der Waals surface area contributed by atoms with Gasteiger partial charge in [0.2, 0.25) is 0 Å². The number of likely N-dealkylation sites (N-methyl/N-ethyl adjacent to an activating group) is 1. The molecule has 0 saturated carbocycles. The van der Waals surface area contributed by atoms with Crippen LogP contribution in [0.2, 0.25) is 0 Å². The molecular weight excluding hydrogens is 210 g/mol. The Morgan fingerprint density at radius 3 is 2.53 bits per heavy atom. The zero-order chi connectivity index (χ0) is 12.7. The fourth-order valence-corrected chi connectivity index (χ4v) is 2.23. The molecule has 1 rings (SSSR count). The van der Waals surface area contributed by atoms with Crippen molar-refractivity contribution in [1.82, 2.24) is 15.1 Å². The molecular formula is C14H27N3. The van der Waals surface area contributed by atoms with Crippen LogP contribution in [0.4, 0.5) is 0 Å². The normalized spacial score (nSPS) is 12.9. The van der Waals surface area contributed by atoms with Crippen LogP contribution >= 0.6 is 0 Å². The van der Waals surface area contributed by atoms with Gasteiger partial charge in [0.15, 0.2) is 0 Å². The predicted octanol–water partition coefficient (Wildman–Crippen LogP) is 2.79. The van der Waals surface area contributed by atoms with Crippen LogP contribution in [0.5, 0.6) is 0 Å². The van der Waals surface area contributed by atoms with Crippen molar-refractivity contribution in [2.45, 2.75) is 66.0 Å². The number of rotatable bonds is 8. The third-order valence-electron chi connectivity index (χ3n) is 3.16. The summed E-state index contributed by atoms with van der Waals surface area (Å²) in [6.45, 7) is 10.8. The van der Waals surface area contributed by atoms with Crippen LogP contribution in [0.1, 0.15) is 51.9 Å². The van der Waals surface area contributed by atoms with E-state index in [1.54, 1.807) is 0 Å². The molecule has 98 valence electrons. The molecule has 0 aliphatic rings. The maximum absolute atomic E-state index is 4.68. The Morgan fingerprint density at radius 1 is 1.24 bits per heavy atom. The van der Waals surface area contributed by atoms with Gasteiger partial charge >= 0.3 is 0 Å². The molecule has 0 fully saturated rings. The van der Waals surface area contributed by atoms with Gasteiger partial charge in [-0.25, -0.2) is 0 Å². The quantitative estimate of drug-likeness (QED) is 0.753. The van der Waals surface area contributed by atoms with Gasteiger partial charge in [0.05, 0.1) is 12.2 Å². The van der Waals surface area contributed by atoms with Crippen molar-refractivity contribution in [3.8, 4) is 0 Å². The molecule has 1 atom stereocenters. The van der Waals surface area contributed by atoms with E-state index < -0.39 is 0 Å². The molecule has 1 aromatic heterocycles. The van der Waals surface area contributed by atoms with Gasteiger partial charge < -0.3 is 5.32 Å². The Balaban J connectivity index is 2.72. The van der Waals surface area contributed by atoms with E-state index in [-0.39, 0.29) is 0 Å². The smallest absolute Gasteiger partial charge is 0.0624 e. The van der Waals surface area contributed by atoms with Crippen molar-refractivity contribution in [3.05, 3.63) is 17.5 Å². The van der Waals surface area contributed by atoms with E-state index in [4.69, 9.17) is 0 Å². The van der Waals surface area contributed by atoms with E-state index in [1.807, 2.05) is 0 Å². The van der Waals surface area contributed by atoms with Gasteiger partial charge in [0, 0.05) is 11.7 Å². The van der Waals surface area contributed by atoms with Crippen molar-refractivity contribution in [2.24, 2.45) is 0 Å². The number of nitrogens with zero attached hydrogens (tertiary/aromatic N) is 2. The number of aromatic nitrogens is 2. The Hall–Kier alpha value is -0.830. The highest BCUT2D eigenvalue weighted by Crippen LogP contribution is 2.09. The molecule has 0 bridgehead atoms. The fraction of sp³-hybridized carbons (Fsp3) is 0.786. The lowest BCUT2D eigenvalue weighted by Gasteiger charge is -2.18. The molecule has 0 aliphatic carbocycles.